The van der Waals surface area contributed by atoms with E-state index in [9.17, 15) is 5.11 Å². The molecule has 1 atom stereocenters. The molecular formula is C19H35N5OS. The van der Waals surface area contributed by atoms with Crippen molar-refractivity contribution in [2.24, 2.45) is 5.41 Å². The molecular weight excluding hydrogens is 346 g/mol. The van der Waals surface area contributed by atoms with Gasteiger partial charge in [-0.05, 0) is 26.9 Å². The number of thioether (sulfide) groups is 1. The molecule has 148 valence electrons. The first-order valence-electron chi connectivity index (χ1n) is 9.68. The highest BCUT2D eigenvalue weighted by Gasteiger charge is 2.23. The molecule has 2 rings (SSSR count). The summed E-state index contributed by atoms with van der Waals surface area (Å²) >= 11 is 1.84. The fourth-order valence-corrected chi connectivity index (χ4v) is 3.94. The Balaban J connectivity index is 2.05. The molecule has 3 N–H and O–H groups in total. The van der Waals surface area contributed by atoms with E-state index in [1.54, 1.807) is 0 Å². The van der Waals surface area contributed by atoms with Crippen molar-refractivity contribution in [2.45, 2.75) is 57.9 Å². The number of aliphatic hydroxyl groups is 1. The number of aliphatic hydroxyl groups excluding tert-OH is 1. The number of nitrogens with one attached hydrogen (secondary N) is 2. The highest BCUT2D eigenvalue weighted by Crippen LogP contribution is 2.36. The zero-order chi connectivity index (χ0) is 19.2. The maximum absolute atomic E-state index is 9.44. The molecule has 0 aliphatic carbocycles. The Morgan fingerprint density at radius 1 is 1.35 bits per heavy atom. The van der Waals surface area contributed by atoms with Crippen molar-refractivity contribution in [1.82, 2.24) is 14.9 Å². The van der Waals surface area contributed by atoms with Crippen molar-refractivity contribution in [2.75, 3.05) is 49.7 Å². The molecule has 1 aromatic heterocycles. The van der Waals surface area contributed by atoms with Crippen molar-refractivity contribution in [3.63, 3.8) is 0 Å². The molecule has 26 heavy (non-hydrogen) atoms. The monoisotopic (exact) mass is 381 g/mol. The number of hydrogen-bond donors (Lipinski definition) is 3. The zero-order valence-corrected chi connectivity index (χ0v) is 17.7. The highest BCUT2D eigenvalue weighted by molar-refractivity contribution is 7.99. The average Bonchev–Trinajstić information content (AvgIpc) is 3.07. The Morgan fingerprint density at radius 3 is 2.81 bits per heavy atom. The summed E-state index contributed by atoms with van der Waals surface area (Å²) in [6.07, 6.45) is 3.44. The molecule has 0 aromatic carbocycles. The van der Waals surface area contributed by atoms with E-state index in [-0.39, 0.29) is 12.0 Å². The van der Waals surface area contributed by atoms with Crippen LogP contribution in [0.15, 0.2) is 4.90 Å². The van der Waals surface area contributed by atoms with Gasteiger partial charge in [0, 0.05) is 43.3 Å². The Kier molecular flexibility index (Phi) is 7.98. The van der Waals surface area contributed by atoms with Crippen LogP contribution in [-0.2, 0) is 6.42 Å². The van der Waals surface area contributed by atoms with Gasteiger partial charge >= 0.3 is 0 Å². The quantitative estimate of drug-likeness (QED) is 0.544. The largest absolute Gasteiger partial charge is 0.396 e. The normalized spacial score (nSPS) is 15.2. The van der Waals surface area contributed by atoms with E-state index < -0.39 is 0 Å². The summed E-state index contributed by atoms with van der Waals surface area (Å²) in [7, 11) is 2.18. The molecule has 1 aromatic rings. The predicted molar refractivity (Wildman–Crippen MR) is 111 cm³/mol. The van der Waals surface area contributed by atoms with E-state index in [4.69, 9.17) is 4.98 Å². The first-order chi connectivity index (χ1) is 12.3. The van der Waals surface area contributed by atoms with Crippen molar-refractivity contribution < 1.29 is 5.11 Å². The number of rotatable bonds is 11. The van der Waals surface area contributed by atoms with E-state index in [2.05, 4.69) is 41.4 Å². The number of fused-ring (bicyclic) bond motifs is 1. The summed E-state index contributed by atoms with van der Waals surface area (Å²) in [6, 6.07) is 0.318. The number of hydrogen-bond acceptors (Lipinski definition) is 7. The van der Waals surface area contributed by atoms with Crippen LogP contribution < -0.4 is 10.6 Å². The molecule has 1 aliphatic heterocycles. The lowest BCUT2D eigenvalue weighted by molar-refractivity contribution is 0.170. The first-order valence-corrected chi connectivity index (χ1v) is 10.7. The van der Waals surface area contributed by atoms with Crippen LogP contribution in [0.4, 0.5) is 11.8 Å². The molecule has 1 aliphatic rings. The van der Waals surface area contributed by atoms with Crippen molar-refractivity contribution in [3.8, 4) is 0 Å². The fraction of sp³-hybridized carbons (Fsp3) is 0.789. The molecule has 6 nitrogen and oxygen atoms in total. The number of nitrogens with zero attached hydrogens (tertiary/aromatic N) is 3. The minimum Gasteiger partial charge on any atom is -0.396 e. The van der Waals surface area contributed by atoms with Crippen molar-refractivity contribution in [1.29, 1.82) is 0 Å². The third-order valence-electron chi connectivity index (χ3n) is 4.54. The summed E-state index contributed by atoms with van der Waals surface area (Å²) in [4.78, 5) is 13.0. The summed E-state index contributed by atoms with van der Waals surface area (Å²) < 4.78 is 0. The lowest BCUT2D eigenvalue weighted by Crippen LogP contribution is -2.33. The predicted octanol–water partition coefficient (Wildman–Crippen LogP) is 3.09. The fourth-order valence-electron chi connectivity index (χ4n) is 2.88. The van der Waals surface area contributed by atoms with Gasteiger partial charge in [0.25, 0.3) is 0 Å². The van der Waals surface area contributed by atoms with Gasteiger partial charge in [0.1, 0.15) is 5.82 Å². The van der Waals surface area contributed by atoms with Gasteiger partial charge in [-0.25, -0.2) is 4.98 Å². The number of aromatic nitrogens is 2. The number of likely N-dealkylation sites (N-methyl/N-ethyl adjacent to an activating group) is 1. The zero-order valence-electron chi connectivity index (χ0n) is 16.9. The Hall–Kier alpha value is -1.05. The van der Waals surface area contributed by atoms with E-state index in [1.807, 2.05) is 25.6 Å². The van der Waals surface area contributed by atoms with Crippen LogP contribution in [0.1, 0.15) is 46.2 Å². The molecule has 0 fully saturated rings. The maximum Gasteiger partial charge on any atom is 0.224 e. The summed E-state index contributed by atoms with van der Waals surface area (Å²) in [6.45, 7) is 11.4. The second-order valence-corrected chi connectivity index (χ2v) is 9.21. The van der Waals surface area contributed by atoms with Gasteiger partial charge in [-0.3, -0.25) is 0 Å². The van der Waals surface area contributed by atoms with Crippen LogP contribution in [0.5, 0.6) is 0 Å². The highest BCUT2D eigenvalue weighted by atomic mass is 32.2. The second kappa shape index (κ2) is 9.76. The van der Waals surface area contributed by atoms with Gasteiger partial charge in [0.15, 0.2) is 0 Å². The SMILES string of the molecule is CCCCN(C)C[C@@H](C)Nc1nc(NCC(C)(C)CO)nc2c1SCC2. The summed E-state index contributed by atoms with van der Waals surface area (Å²) in [5.41, 5.74) is 0.934. The van der Waals surface area contributed by atoms with E-state index in [0.29, 0.717) is 18.5 Å². The second-order valence-electron chi connectivity index (χ2n) is 8.11. The summed E-state index contributed by atoms with van der Waals surface area (Å²) in [5, 5.41) is 16.3. The van der Waals surface area contributed by atoms with Crippen LogP contribution in [0, 0.1) is 5.41 Å². The molecule has 0 unspecified atom stereocenters. The minimum absolute atomic E-state index is 0.132. The lowest BCUT2D eigenvalue weighted by Gasteiger charge is -2.24. The molecule has 2 heterocycles. The number of aryl methyl sites for hydroxylation is 1. The van der Waals surface area contributed by atoms with Crippen LogP contribution in [-0.4, -0.2) is 65.1 Å². The van der Waals surface area contributed by atoms with Crippen molar-refractivity contribution in [3.05, 3.63) is 5.69 Å². The Bertz CT molecular complexity index is 581. The molecule has 0 amide bonds. The van der Waals surface area contributed by atoms with Gasteiger partial charge in [-0.1, -0.05) is 27.2 Å². The summed E-state index contributed by atoms with van der Waals surface area (Å²) in [5.74, 6) is 2.66. The van der Waals surface area contributed by atoms with Gasteiger partial charge in [-0.15, -0.1) is 11.8 Å². The molecule has 0 radical (unpaired) electrons. The topological polar surface area (TPSA) is 73.3 Å². The molecule has 0 spiro atoms. The van der Waals surface area contributed by atoms with E-state index in [0.717, 1.165) is 36.8 Å². The van der Waals surface area contributed by atoms with E-state index >= 15 is 0 Å². The minimum atomic E-state index is -0.194. The number of unbranched alkanes of at least 4 members (excludes halogenated alkanes) is 1. The third kappa shape index (κ3) is 6.28. The third-order valence-corrected chi connectivity index (χ3v) is 5.66. The molecule has 7 heteroatoms. The van der Waals surface area contributed by atoms with Gasteiger partial charge in [0.2, 0.25) is 5.95 Å². The van der Waals surface area contributed by atoms with Gasteiger partial charge < -0.3 is 20.6 Å². The van der Waals surface area contributed by atoms with Crippen LogP contribution in [0.25, 0.3) is 0 Å². The van der Waals surface area contributed by atoms with E-state index in [1.165, 1.54) is 17.7 Å². The molecule has 0 bridgehead atoms. The lowest BCUT2D eigenvalue weighted by atomic mass is 9.95. The Labute approximate surface area is 162 Å². The molecule has 0 saturated heterocycles. The van der Waals surface area contributed by atoms with Gasteiger partial charge in [-0.2, -0.15) is 4.98 Å². The van der Waals surface area contributed by atoms with Crippen LogP contribution in [0.3, 0.4) is 0 Å². The first kappa shape index (κ1) is 21.3. The maximum atomic E-state index is 9.44. The average molecular weight is 382 g/mol. The molecule has 0 saturated carbocycles. The number of anilines is 2. The van der Waals surface area contributed by atoms with Crippen LogP contribution >= 0.6 is 11.8 Å². The van der Waals surface area contributed by atoms with Crippen molar-refractivity contribution >= 4 is 23.5 Å². The Morgan fingerprint density at radius 2 is 2.12 bits per heavy atom. The van der Waals surface area contributed by atoms with Gasteiger partial charge in [0.05, 0.1) is 10.6 Å². The van der Waals surface area contributed by atoms with Crippen LogP contribution in [0.2, 0.25) is 0 Å². The smallest absolute Gasteiger partial charge is 0.224 e. The standard InChI is InChI=1S/C19H35N5OS/c1-6-7-9-24(5)11-14(2)21-17-16-15(8-10-26-16)22-18(23-17)20-12-19(3,4)13-25/h14,25H,6-13H2,1-5H3,(H2,20,21,22,23)/t14-/m1/s1.